The summed E-state index contributed by atoms with van der Waals surface area (Å²) in [6.07, 6.45) is 4.22. The molecule has 6 heteroatoms. The SMILES string of the molecule is CC[C@H]1OCCC[C@@H]1C(=O)NCc1ncn[nH]1. The first-order valence-corrected chi connectivity index (χ1v) is 6.04. The monoisotopic (exact) mass is 238 g/mol. The van der Waals surface area contributed by atoms with Crippen LogP contribution in [0.4, 0.5) is 0 Å². The lowest BCUT2D eigenvalue weighted by atomic mass is 9.92. The zero-order chi connectivity index (χ0) is 12.1. The van der Waals surface area contributed by atoms with Crippen molar-refractivity contribution in [3.63, 3.8) is 0 Å². The maximum atomic E-state index is 12.0. The predicted molar refractivity (Wildman–Crippen MR) is 61.0 cm³/mol. The second-order valence-corrected chi connectivity index (χ2v) is 4.22. The molecule has 17 heavy (non-hydrogen) atoms. The summed E-state index contributed by atoms with van der Waals surface area (Å²) in [6, 6.07) is 0. The van der Waals surface area contributed by atoms with Crippen LogP contribution >= 0.6 is 0 Å². The van der Waals surface area contributed by atoms with Crippen LogP contribution in [-0.4, -0.2) is 33.8 Å². The second-order valence-electron chi connectivity index (χ2n) is 4.22. The molecule has 2 atom stereocenters. The summed E-state index contributed by atoms with van der Waals surface area (Å²) < 4.78 is 5.60. The number of amides is 1. The molecule has 0 spiro atoms. The van der Waals surface area contributed by atoms with E-state index in [1.54, 1.807) is 0 Å². The van der Waals surface area contributed by atoms with Crippen LogP contribution in [0.5, 0.6) is 0 Å². The van der Waals surface area contributed by atoms with Gasteiger partial charge < -0.3 is 10.1 Å². The van der Waals surface area contributed by atoms with Crippen LogP contribution in [0, 0.1) is 5.92 Å². The van der Waals surface area contributed by atoms with Crippen LogP contribution in [-0.2, 0) is 16.1 Å². The average molecular weight is 238 g/mol. The minimum absolute atomic E-state index is 0.0309. The van der Waals surface area contributed by atoms with E-state index in [1.807, 2.05) is 6.92 Å². The number of aromatic amines is 1. The van der Waals surface area contributed by atoms with E-state index in [0.717, 1.165) is 25.9 Å². The van der Waals surface area contributed by atoms with Gasteiger partial charge in [-0.25, -0.2) is 4.98 Å². The number of hydrogen-bond donors (Lipinski definition) is 2. The third kappa shape index (κ3) is 3.03. The van der Waals surface area contributed by atoms with E-state index < -0.39 is 0 Å². The quantitative estimate of drug-likeness (QED) is 0.806. The molecule has 0 bridgehead atoms. The van der Waals surface area contributed by atoms with Crippen molar-refractivity contribution in [2.24, 2.45) is 5.92 Å². The highest BCUT2D eigenvalue weighted by Crippen LogP contribution is 2.23. The first kappa shape index (κ1) is 12.0. The molecule has 0 unspecified atom stereocenters. The Morgan fingerprint density at radius 3 is 3.29 bits per heavy atom. The second kappa shape index (κ2) is 5.77. The molecule has 2 rings (SSSR count). The van der Waals surface area contributed by atoms with Crippen molar-refractivity contribution in [3.8, 4) is 0 Å². The number of rotatable bonds is 4. The first-order valence-electron chi connectivity index (χ1n) is 6.04. The van der Waals surface area contributed by atoms with Crippen molar-refractivity contribution in [2.45, 2.75) is 38.8 Å². The topological polar surface area (TPSA) is 79.9 Å². The van der Waals surface area contributed by atoms with Crippen LogP contribution in [0.25, 0.3) is 0 Å². The molecular weight excluding hydrogens is 220 g/mol. The number of hydrogen-bond acceptors (Lipinski definition) is 4. The van der Waals surface area contributed by atoms with Crippen molar-refractivity contribution >= 4 is 5.91 Å². The van der Waals surface area contributed by atoms with Crippen LogP contribution in [0.2, 0.25) is 0 Å². The fourth-order valence-electron chi connectivity index (χ4n) is 2.16. The zero-order valence-electron chi connectivity index (χ0n) is 9.98. The summed E-state index contributed by atoms with van der Waals surface area (Å²) in [5, 5.41) is 9.31. The minimum atomic E-state index is -0.0309. The van der Waals surface area contributed by atoms with Gasteiger partial charge in [-0.3, -0.25) is 9.89 Å². The van der Waals surface area contributed by atoms with Crippen molar-refractivity contribution < 1.29 is 9.53 Å². The highest BCUT2D eigenvalue weighted by atomic mass is 16.5. The van der Waals surface area contributed by atoms with Crippen LogP contribution in [0.1, 0.15) is 32.0 Å². The number of H-pyrrole nitrogens is 1. The Bertz CT molecular complexity index is 352. The molecule has 1 aliphatic rings. The molecule has 0 aliphatic carbocycles. The van der Waals surface area contributed by atoms with Crippen LogP contribution < -0.4 is 5.32 Å². The van der Waals surface area contributed by atoms with Crippen molar-refractivity contribution in [1.82, 2.24) is 20.5 Å². The number of carbonyl (C=O) groups is 1. The largest absolute Gasteiger partial charge is 0.377 e. The smallest absolute Gasteiger partial charge is 0.226 e. The predicted octanol–water partition coefficient (Wildman–Crippen LogP) is 0.626. The van der Waals surface area contributed by atoms with E-state index in [0.29, 0.717) is 12.4 Å². The van der Waals surface area contributed by atoms with Gasteiger partial charge in [0.15, 0.2) is 0 Å². The highest BCUT2D eigenvalue weighted by Gasteiger charge is 2.30. The Hall–Kier alpha value is -1.43. The molecule has 0 aromatic carbocycles. The van der Waals surface area contributed by atoms with Gasteiger partial charge in [0.2, 0.25) is 5.91 Å². The molecule has 2 heterocycles. The van der Waals surface area contributed by atoms with E-state index in [9.17, 15) is 4.79 Å². The van der Waals surface area contributed by atoms with Gasteiger partial charge in [0.25, 0.3) is 0 Å². The number of aromatic nitrogens is 3. The molecule has 94 valence electrons. The van der Waals surface area contributed by atoms with Gasteiger partial charge in [-0.2, -0.15) is 5.10 Å². The summed E-state index contributed by atoms with van der Waals surface area (Å²) in [7, 11) is 0. The molecule has 1 saturated heterocycles. The van der Waals surface area contributed by atoms with Gasteiger partial charge in [-0.05, 0) is 19.3 Å². The summed E-state index contributed by atoms with van der Waals surface area (Å²) in [4.78, 5) is 16.0. The molecule has 1 aliphatic heterocycles. The molecule has 1 amide bonds. The summed E-state index contributed by atoms with van der Waals surface area (Å²) in [5.74, 6) is 0.688. The fourth-order valence-corrected chi connectivity index (χ4v) is 2.16. The normalized spacial score (nSPS) is 24.5. The Morgan fingerprint density at radius 2 is 2.59 bits per heavy atom. The lowest BCUT2D eigenvalue weighted by Gasteiger charge is -2.29. The van der Waals surface area contributed by atoms with Crippen molar-refractivity contribution in [1.29, 1.82) is 0 Å². The van der Waals surface area contributed by atoms with Gasteiger partial charge >= 0.3 is 0 Å². The minimum Gasteiger partial charge on any atom is -0.377 e. The lowest BCUT2D eigenvalue weighted by Crippen LogP contribution is -2.41. The summed E-state index contributed by atoms with van der Waals surface area (Å²) in [5.41, 5.74) is 0. The highest BCUT2D eigenvalue weighted by molar-refractivity contribution is 5.79. The van der Waals surface area contributed by atoms with Gasteiger partial charge in [0.05, 0.1) is 18.6 Å². The van der Waals surface area contributed by atoms with Gasteiger partial charge in [0, 0.05) is 6.61 Å². The van der Waals surface area contributed by atoms with E-state index in [4.69, 9.17) is 4.74 Å². The Labute approximate surface area is 100 Å². The molecule has 0 saturated carbocycles. The maximum absolute atomic E-state index is 12.0. The summed E-state index contributed by atoms with van der Waals surface area (Å²) >= 11 is 0. The van der Waals surface area contributed by atoms with E-state index in [1.165, 1.54) is 6.33 Å². The van der Waals surface area contributed by atoms with E-state index in [-0.39, 0.29) is 17.9 Å². The Morgan fingerprint density at radius 1 is 1.71 bits per heavy atom. The first-order chi connectivity index (χ1) is 8.31. The lowest BCUT2D eigenvalue weighted by molar-refractivity contribution is -0.134. The van der Waals surface area contributed by atoms with Gasteiger partial charge in [-0.15, -0.1) is 0 Å². The van der Waals surface area contributed by atoms with E-state index in [2.05, 4.69) is 20.5 Å². The molecule has 0 radical (unpaired) electrons. The van der Waals surface area contributed by atoms with E-state index >= 15 is 0 Å². The Balaban J connectivity index is 1.85. The molecule has 1 fully saturated rings. The van der Waals surface area contributed by atoms with Gasteiger partial charge in [0.1, 0.15) is 12.2 Å². The standard InChI is InChI=1S/C11H18N4O2/c1-2-9-8(4-3-5-17-9)11(16)12-6-10-13-7-14-15-10/h7-9H,2-6H2,1H3,(H,12,16)(H,13,14,15)/t8-,9+/m0/s1. The number of nitrogens with zero attached hydrogens (tertiary/aromatic N) is 2. The van der Waals surface area contributed by atoms with Crippen LogP contribution in [0.15, 0.2) is 6.33 Å². The third-order valence-corrected chi connectivity index (χ3v) is 3.07. The average Bonchev–Trinajstić information content (AvgIpc) is 2.89. The third-order valence-electron chi connectivity index (χ3n) is 3.07. The molecule has 1 aromatic rings. The van der Waals surface area contributed by atoms with Gasteiger partial charge in [-0.1, -0.05) is 6.92 Å². The summed E-state index contributed by atoms with van der Waals surface area (Å²) in [6.45, 7) is 3.21. The molecule has 1 aromatic heterocycles. The zero-order valence-corrected chi connectivity index (χ0v) is 9.98. The molecule has 6 nitrogen and oxygen atoms in total. The number of carbonyl (C=O) groups excluding carboxylic acids is 1. The van der Waals surface area contributed by atoms with Crippen molar-refractivity contribution in [2.75, 3.05) is 6.61 Å². The fraction of sp³-hybridized carbons (Fsp3) is 0.727. The number of ether oxygens (including phenoxy) is 1. The Kier molecular flexibility index (Phi) is 4.08. The maximum Gasteiger partial charge on any atom is 0.226 e. The molecular formula is C11H18N4O2. The van der Waals surface area contributed by atoms with Crippen LogP contribution in [0.3, 0.4) is 0 Å². The van der Waals surface area contributed by atoms with Crippen molar-refractivity contribution in [3.05, 3.63) is 12.2 Å². The molecule has 2 N–H and O–H groups in total. The number of nitrogens with one attached hydrogen (secondary N) is 2.